The lowest BCUT2D eigenvalue weighted by Crippen LogP contribution is -1.98. The number of aliphatic hydroxyl groups is 1. The van der Waals surface area contributed by atoms with Crippen LogP contribution in [0, 0.1) is 19.3 Å². The second kappa shape index (κ2) is 3.89. The number of hydrogen-bond donors (Lipinski definition) is 1. The quantitative estimate of drug-likeness (QED) is 0.666. The Morgan fingerprint density at radius 2 is 2.50 bits per heavy atom. The molecule has 0 saturated carbocycles. The monoisotopic (exact) mass is 161 g/mol. The van der Waals surface area contributed by atoms with Gasteiger partial charge in [-0.1, -0.05) is 0 Å². The topological polar surface area (TPSA) is 33.1 Å². The average molecular weight is 161 g/mol. The van der Waals surface area contributed by atoms with Crippen LogP contribution in [0.5, 0.6) is 0 Å². The lowest BCUT2D eigenvalue weighted by atomic mass is 10.0. The van der Waals surface area contributed by atoms with Crippen LogP contribution in [0.15, 0.2) is 18.5 Å². The van der Waals surface area contributed by atoms with E-state index < -0.39 is 6.10 Å². The third-order valence-electron chi connectivity index (χ3n) is 1.73. The van der Waals surface area contributed by atoms with Crippen molar-refractivity contribution < 1.29 is 5.11 Å². The number of hydrogen-bond acceptors (Lipinski definition) is 2. The normalized spacial score (nSPS) is 12.1. The minimum absolute atomic E-state index is 0.352. The standard InChI is InChI=1S/C10H11NO/c1-3-4-10(12)9-5-6-11-7-8(9)2/h1,5-7,10,12H,4H2,2H3. The zero-order valence-corrected chi connectivity index (χ0v) is 6.99. The highest BCUT2D eigenvalue weighted by Crippen LogP contribution is 2.18. The third kappa shape index (κ3) is 1.84. The number of terminal acetylenes is 1. The van der Waals surface area contributed by atoms with Crippen LogP contribution in [-0.2, 0) is 0 Å². The molecule has 0 aliphatic heterocycles. The zero-order chi connectivity index (χ0) is 8.97. The van der Waals surface area contributed by atoms with Crippen LogP contribution in [0.1, 0.15) is 23.7 Å². The highest BCUT2D eigenvalue weighted by Gasteiger charge is 2.07. The van der Waals surface area contributed by atoms with Gasteiger partial charge in [0.25, 0.3) is 0 Å². The summed E-state index contributed by atoms with van der Waals surface area (Å²) in [5.41, 5.74) is 1.84. The van der Waals surface area contributed by atoms with E-state index in [0.29, 0.717) is 6.42 Å². The summed E-state index contributed by atoms with van der Waals surface area (Å²) < 4.78 is 0. The Bertz CT molecular complexity index is 301. The van der Waals surface area contributed by atoms with Gasteiger partial charge in [0.15, 0.2) is 0 Å². The van der Waals surface area contributed by atoms with E-state index in [1.165, 1.54) is 0 Å². The Hall–Kier alpha value is -1.33. The number of nitrogens with zero attached hydrogens (tertiary/aromatic N) is 1. The molecule has 62 valence electrons. The summed E-state index contributed by atoms with van der Waals surface area (Å²) in [6.45, 7) is 1.90. The molecule has 1 aromatic rings. The molecule has 0 aliphatic rings. The van der Waals surface area contributed by atoms with E-state index >= 15 is 0 Å². The number of aromatic nitrogens is 1. The first-order chi connectivity index (χ1) is 5.75. The Labute approximate surface area is 72.3 Å². The number of aliphatic hydroxyl groups excluding tert-OH is 1. The molecule has 0 spiro atoms. The minimum Gasteiger partial charge on any atom is -0.387 e. The van der Waals surface area contributed by atoms with E-state index in [9.17, 15) is 5.11 Å². The van der Waals surface area contributed by atoms with Crippen molar-refractivity contribution in [1.82, 2.24) is 4.98 Å². The Balaban J connectivity index is 2.88. The van der Waals surface area contributed by atoms with Crippen LogP contribution >= 0.6 is 0 Å². The summed E-state index contributed by atoms with van der Waals surface area (Å²) in [5.74, 6) is 2.42. The van der Waals surface area contributed by atoms with Gasteiger partial charge in [-0.05, 0) is 24.1 Å². The number of aryl methyl sites for hydroxylation is 1. The lowest BCUT2D eigenvalue weighted by molar-refractivity contribution is 0.183. The summed E-state index contributed by atoms with van der Waals surface area (Å²) in [6.07, 6.45) is 8.26. The van der Waals surface area contributed by atoms with Crippen molar-refractivity contribution in [1.29, 1.82) is 0 Å². The van der Waals surface area contributed by atoms with Crippen molar-refractivity contribution in [2.75, 3.05) is 0 Å². The third-order valence-corrected chi connectivity index (χ3v) is 1.73. The molecule has 0 amide bonds. The fourth-order valence-electron chi connectivity index (χ4n) is 1.08. The van der Waals surface area contributed by atoms with Crippen molar-refractivity contribution in [2.24, 2.45) is 0 Å². The maximum absolute atomic E-state index is 9.53. The molecule has 1 N–H and O–H groups in total. The minimum atomic E-state index is -0.557. The van der Waals surface area contributed by atoms with Gasteiger partial charge < -0.3 is 5.11 Å². The Morgan fingerprint density at radius 3 is 3.08 bits per heavy atom. The maximum atomic E-state index is 9.53. The van der Waals surface area contributed by atoms with Gasteiger partial charge in [-0.15, -0.1) is 12.3 Å². The van der Waals surface area contributed by atoms with Crippen molar-refractivity contribution in [3.63, 3.8) is 0 Å². The number of rotatable bonds is 2. The summed E-state index contributed by atoms with van der Waals surface area (Å²) >= 11 is 0. The van der Waals surface area contributed by atoms with Gasteiger partial charge in [0.1, 0.15) is 0 Å². The predicted octanol–water partition coefficient (Wildman–Crippen LogP) is 1.45. The van der Waals surface area contributed by atoms with Crippen molar-refractivity contribution in [3.8, 4) is 12.3 Å². The molecule has 1 heterocycles. The van der Waals surface area contributed by atoms with E-state index in [1.807, 2.05) is 6.92 Å². The van der Waals surface area contributed by atoms with Gasteiger partial charge in [0, 0.05) is 18.8 Å². The Kier molecular flexibility index (Phi) is 2.84. The Morgan fingerprint density at radius 1 is 1.75 bits per heavy atom. The van der Waals surface area contributed by atoms with E-state index in [4.69, 9.17) is 6.42 Å². The van der Waals surface area contributed by atoms with E-state index in [1.54, 1.807) is 18.5 Å². The molecule has 1 atom stereocenters. The van der Waals surface area contributed by atoms with E-state index in [2.05, 4.69) is 10.9 Å². The molecule has 2 heteroatoms. The van der Waals surface area contributed by atoms with E-state index in [-0.39, 0.29) is 0 Å². The molecule has 0 fully saturated rings. The number of pyridine rings is 1. The second-order valence-corrected chi connectivity index (χ2v) is 2.66. The van der Waals surface area contributed by atoms with Crippen molar-refractivity contribution in [2.45, 2.75) is 19.4 Å². The molecule has 12 heavy (non-hydrogen) atoms. The van der Waals surface area contributed by atoms with Gasteiger partial charge in [-0.2, -0.15) is 0 Å². The smallest absolute Gasteiger partial charge is 0.0902 e. The molecule has 1 unspecified atom stereocenters. The van der Waals surface area contributed by atoms with E-state index in [0.717, 1.165) is 11.1 Å². The highest BCUT2D eigenvalue weighted by atomic mass is 16.3. The highest BCUT2D eigenvalue weighted by molar-refractivity contribution is 5.24. The molecule has 0 aromatic carbocycles. The van der Waals surface area contributed by atoms with Crippen LogP contribution in [0.4, 0.5) is 0 Å². The molecule has 0 saturated heterocycles. The molecule has 1 rings (SSSR count). The molecule has 2 nitrogen and oxygen atoms in total. The van der Waals surface area contributed by atoms with Crippen LogP contribution in [0.25, 0.3) is 0 Å². The van der Waals surface area contributed by atoms with Gasteiger partial charge >= 0.3 is 0 Å². The molecule has 1 aromatic heterocycles. The molecular formula is C10H11NO. The van der Waals surface area contributed by atoms with Crippen molar-refractivity contribution in [3.05, 3.63) is 29.6 Å². The lowest BCUT2D eigenvalue weighted by Gasteiger charge is -2.09. The second-order valence-electron chi connectivity index (χ2n) is 2.66. The van der Waals surface area contributed by atoms with Crippen LogP contribution < -0.4 is 0 Å². The first kappa shape index (κ1) is 8.76. The van der Waals surface area contributed by atoms with Crippen LogP contribution in [-0.4, -0.2) is 10.1 Å². The van der Waals surface area contributed by atoms with Gasteiger partial charge in [-0.25, -0.2) is 0 Å². The van der Waals surface area contributed by atoms with Gasteiger partial charge in [-0.3, -0.25) is 4.98 Å². The molecule has 0 aliphatic carbocycles. The fourth-order valence-corrected chi connectivity index (χ4v) is 1.08. The molecule has 0 radical (unpaired) electrons. The zero-order valence-electron chi connectivity index (χ0n) is 6.99. The van der Waals surface area contributed by atoms with Crippen molar-refractivity contribution >= 4 is 0 Å². The predicted molar refractivity (Wildman–Crippen MR) is 47.4 cm³/mol. The van der Waals surface area contributed by atoms with Gasteiger partial charge in [0.2, 0.25) is 0 Å². The maximum Gasteiger partial charge on any atom is 0.0902 e. The van der Waals surface area contributed by atoms with Crippen LogP contribution in [0.2, 0.25) is 0 Å². The largest absolute Gasteiger partial charge is 0.387 e. The van der Waals surface area contributed by atoms with Gasteiger partial charge in [0.05, 0.1) is 6.10 Å². The molecular weight excluding hydrogens is 150 g/mol. The fraction of sp³-hybridized carbons (Fsp3) is 0.300. The molecule has 0 bridgehead atoms. The van der Waals surface area contributed by atoms with Crippen LogP contribution in [0.3, 0.4) is 0 Å². The summed E-state index contributed by atoms with van der Waals surface area (Å²) in [5, 5.41) is 9.53. The first-order valence-corrected chi connectivity index (χ1v) is 3.77. The first-order valence-electron chi connectivity index (χ1n) is 3.77. The summed E-state index contributed by atoms with van der Waals surface area (Å²) in [6, 6.07) is 1.79. The average Bonchev–Trinajstić information content (AvgIpc) is 2.05. The summed E-state index contributed by atoms with van der Waals surface area (Å²) in [7, 11) is 0. The SMILES string of the molecule is C#CCC(O)c1ccncc1C. The summed E-state index contributed by atoms with van der Waals surface area (Å²) in [4.78, 5) is 3.92.